The van der Waals surface area contributed by atoms with Crippen LogP contribution in [0.2, 0.25) is 0 Å². The summed E-state index contributed by atoms with van der Waals surface area (Å²) < 4.78 is 0. The van der Waals surface area contributed by atoms with Gasteiger partial charge < -0.3 is 21.1 Å². The lowest BCUT2D eigenvalue weighted by atomic mass is 9.80. The first-order chi connectivity index (χ1) is 8.14. The maximum absolute atomic E-state index is 12.5. The predicted molar refractivity (Wildman–Crippen MR) is 62.0 cm³/mol. The molecule has 2 aliphatic rings. The van der Waals surface area contributed by atoms with E-state index >= 15 is 0 Å². The summed E-state index contributed by atoms with van der Waals surface area (Å²) in [5.41, 5.74) is -0.895. The van der Waals surface area contributed by atoms with Crippen molar-refractivity contribution in [1.29, 1.82) is 0 Å². The van der Waals surface area contributed by atoms with Crippen molar-refractivity contribution in [2.75, 3.05) is 26.2 Å². The summed E-state index contributed by atoms with van der Waals surface area (Å²) in [5, 5.41) is 17.6. The Morgan fingerprint density at radius 2 is 1.88 bits per heavy atom. The molecule has 0 unspecified atom stereocenters. The van der Waals surface area contributed by atoms with Crippen molar-refractivity contribution in [3.05, 3.63) is 0 Å². The number of carboxylic acid groups (broad SMARTS) is 1. The second-order valence-electron chi connectivity index (χ2n) is 4.83. The van der Waals surface area contributed by atoms with Crippen LogP contribution in [0.25, 0.3) is 0 Å². The molecule has 96 valence electrons. The van der Waals surface area contributed by atoms with Crippen molar-refractivity contribution in [1.82, 2.24) is 16.0 Å². The molecule has 17 heavy (non-hydrogen) atoms. The van der Waals surface area contributed by atoms with Crippen LogP contribution in [0.15, 0.2) is 0 Å². The average Bonchev–Trinajstić information content (AvgIpc) is 2.78. The van der Waals surface area contributed by atoms with E-state index in [2.05, 4.69) is 16.0 Å². The Kier molecular flexibility index (Phi) is 3.63. The minimum absolute atomic E-state index is 0.0111. The van der Waals surface area contributed by atoms with E-state index in [-0.39, 0.29) is 11.7 Å². The summed E-state index contributed by atoms with van der Waals surface area (Å²) in [4.78, 5) is 23.3. The van der Waals surface area contributed by atoms with Crippen molar-refractivity contribution in [2.24, 2.45) is 5.92 Å². The van der Waals surface area contributed by atoms with Gasteiger partial charge in [0.1, 0.15) is 5.54 Å². The highest BCUT2D eigenvalue weighted by Gasteiger charge is 2.45. The molecule has 2 heterocycles. The first-order valence-electron chi connectivity index (χ1n) is 6.11. The highest BCUT2D eigenvalue weighted by molar-refractivity contribution is 5.94. The molecule has 0 aromatic carbocycles. The van der Waals surface area contributed by atoms with Crippen molar-refractivity contribution < 1.29 is 14.7 Å². The molecule has 2 aliphatic heterocycles. The Balaban J connectivity index is 2.09. The third kappa shape index (κ3) is 2.58. The van der Waals surface area contributed by atoms with E-state index in [1.54, 1.807) is 0 Å². The van der Waals surface area contributed by atoms with Gasteiger partial charge in [-0.25, -0.2) is 4.79 Å². The van der Waals surface area contributed by atoms with E-state index in [1.807, 2.05) is 0 Å². The van der Waals surface area contributed by atoms with E-state index in [0.717, 1.165) is 25.9 Å². The lowest BCUT2D eigenvalue weighted by Crippen LogP contribution is -2.58. The molecule has 0 aliphatic carbocycles. The topological polar surface area (TPSA) is 90.5 Å². The zero-order valence-corrected chi connectivity index (χ0v) is 9.79. The van der Waals surface area contributed by atoms with E-state index in [9.17, 15) is 9.59 Å². The van der Waals surface area contributed by atoms with Crippen molar-refractivity contribution in [3.63, 3.8) is 0 Å². The number of hydrogen-bond acceptors (Lipinski definition) is 4. The van der Waals surface area contributed by atoms with Crippen LogP contribution < -0.4 is 16.0 Å². The minimum Gasteiger partial charge on any atom is -0.465 e. The third-order valence-electron chi connectivity index (χ3n) is 3.68. The van der Waals surface area contributed by atoms with Gasteiger partial charge in [-0.2, -0.15) is 0 Å². The maximum atomic E-state index is 12.5. The van der Waals surface area contributed by atoms with Gasteiger partial charge in [-0.15, -0.1) is 0 Å². The number of carbonyl (C=O) groups is 2. The van der Waals surface area contributed by atoms with Crippen molar-refractivity contribution in [2.45, 2.75) is 24.8 Å². The van der Waals surface area contributed by atoms with E-state index in [4.69, 9.17) is 5.11 Å². The summed E-state index contributed by atoms with van der Waals surface area (Å²) >= 11 is 0. The molecule has 0 radical (unpaired) electrons. The lowest BCUT2D eigenvalue weighted by Gasteiger charge is -2.32. The van der Waals surface area contributed by atoms with Gasteiger partial charge >= 0.3 is 6.09 Å². The fraction of sp³-hybridized carbons (Fsp3) is 0.818. The molecule has 0 saturated carbocycles. The Hall–Kier alpha value is -1.14. The number of ketones is 1. The molecule has 0 spiro atoms. The van der Waals surface area contributed by atoms with Gasteiger partial charge in [0.2, 0.25) is 0 Å². The van der Waals surface area contributed by atoms with Crippen LogP contribution in [0.5, 0.6) is 0 Å². The Morgan fingerprint density at radius 3 is 2.41 bits per heavy atom. The van der Waals surface area contributed by atoms with Gasteiger partial charge in [-0.3, -0.25) is 4.79 Å². The van der Waals surface area contributed by atoms with Gasteiger partial charge in [0, 0.05) is 12.5 Å². The molecule has 0 aromatic rings. The normalized spacial score (nSPS) is 30.1. The molecule has 1 atom stereocenters. The van der Waals surface area contributed by atoms with Gasteiger partial charge in [0.25, 0.3) is 0 Å². The highest BCUT2D eigenvalue weighted by atomic mass is 16.4. The number of piperidine rings is 1. The molecule has 6 nitrogen and oxygen atoms in total. The highest BCUT2D eigenvalue weighted by Crippen LogP contribution is 2.25. The number of rotatable bonds is 3. The maximum Gasteiger partial charge on any atom is 0.405 e. The van der Waals surface area contributed by atoms with Crippen LogP contribution in [0.1, 0.15) is 19.3 Å². The Morgan fingerprint density at radius 1 is 1.18 bits per heavy atom. The SMILES string of the molecule is O=C(O)N[C@@]1(C(=O)C2CCNCC2)CCNC1. The number of hydrogen-bond donors (Lipinski definition) is 4. The molecule has 1 amide bonds. The van der Waals surface area contributed by atoms with Crippen LogP contribution in [0, 0.1) is 5.92 Å². The molecule has 0 bridgehead atoms. The molecule has 0 aromatic heterocycles. The second kappa shape index (κ2) is 5.01. The van der Waals surface area contributed by atoms with Crippen LogP contribution >= 0.6 is 0 Å². The quantitative estimate of drug-likeness (QED) is 0.537. The average molecular weight is 241 g/mol. The Bertz CT molecular complexity index is 307. The van der Waals surface area contributed by atoms with E-state index < -0.39 is 11.6 Å². The fourth-order valence-corrected chi connectivity index (χ4v) is 2.75. The smallest absolute Gasteiger partial charge is 0.405 e. The first kappa shape index (κ1) is 12.3. The van der Waals surface area contributed by atoms with Crippen LogP contribution in [0.4, 0.5) is 4.79 Å². The molecular weight excluding hydrogens is 222 g/mol. The zero-order valence-electron chi connectivity index (χ0n) is 9.79. The van der Waals surface area contributed by atoms with Crippen LogP contribution in [-0.2, 0) is 4.79 Å². The summed E-state index contributed by atoms with van der Waals surface area (Å²) in [7, 11) is 0. The molecule has 4 N–H and O–H groups in total. The molecule has 2 rings (SSSR count). The van der Waals surface area contributed by atoms with Gasteiger partial charge in [-0.1, -0.05) is 0 Å². The third-order valence-corrected chi connectivity index (χ3v) is 3.68. The molecule has 2 saturated heterocycles. The Labute approximate surface area is 100 Å². The summed E-state index contributed by atoms with van der Waals surface area (Å²) in [6.45, 7) is 2.79. The second-order valence-corrected chi connectivity index (χ2v) is 4.83. The summed E-state index contributed by atoms with van der Waals surface area (Å²) in [5.74, 6) is 0.0504. The zero-order chi connectivity index (χ0) is 12.3. The van der Waals surface area contributed by atoms with E-state index in [1.165, 1.54) is 0 Å². The molecule has 6 heteroatoms. The number of amides is 1. The van der Waals surface area contributed by atoms with Gasteiger partial charge in [0.05, 0.1) is 0 Å². The van der Waals surface area contributed by atoms with Crippen LogP contribution in [0.3, 0.4) is 0 Å². The standard InChI is InChI=1S/C11H19N3O3/c15-9(8-1-4-12-5-2-8)11(14-10(16)17)3-6-13-7-11/h8,12-14H,1-7H2,(H,16,17)/t11-/m0/s1. The van der Waals surface area contributed by atoms with Crippen molar-refractivity contribution >= 4 is 11.9 Å². The van der Waals surface area contributed by atoms with Crippen LogP contribution in [-0.4, -0.2) is 48.7 Å². The van der Waals surface area contributed by atoms with E-state index in [0.29, 0.717) is 19.5 Å². The van der Waals surface area contributed by atoms with Gasteiger partial charge in [0.15, 0.2) is 5.78 Å². The predicted octanol–water partition coefficient (Wildman–Crippen LogP) is -0.445. The fourth-order valence-electron chi connectivity index (χ4n) is 2.75. The summed E-state index contributed by atoms with van der Waals surface area (Å²) in [6, 6.07) is 0. The lowest BCUT2D eigenvalue weighted by molar-refractivity contribution is -0.129. The molecule has 2 fully saturated rings. The first-order valence-corrected chi connectivity index (χ1v) is 6.11. The monoisotopic (exact) mass is 241 g/mol. The number of Topliss-reactive ketones (excluding diaryl/α,β-unsaturated/α-hetero) is 1. The number of carbonyl (C=O) groups excluding carboxylic acids is 1. The van der Waals surface area contributed by atoms with Gasteiger partial charge in [-0.05, 0) is 38.9 Å². The minimum atomic E-state index is -1.11. The molecular formula is C11H19N3O3. The van der Waals surface area contributed by atoms with Crippen molar-refractivity contribution in [3.8, 4) is 0 Å². The number of nitrogens with one attached hydrogen (secondary N) is 3. The largest absolute Gasteiger partial charge is 0.465 e. The summed E-state index contributed by atoms with van der Waals surface area (Å²) in [6.07, 6.45) is 1.06.